The molecule has 0 aromatic carbocycles. The fraction of sp³-hybridized carbons (Fsp3) is 0.714. The smallest absolute Gasteiger partial charge is 0.264 e. The van der Waals surface area contributed by atoms with Crippen molar-refractivity contribution in [3.05, 3.63) is 0 Å². The van der Waals surface area contributed by atoms with Crippen molar-refractivity contribution in [1.82, 2.24) is 5.32 Å². The van der Waals surface area contributed by atoms with Crippen LogP contribution in [0.15, 0.2) is 0 Å². The number of amides is 1. The lowest BCUT2D eigenvalue weighted by atomic mass is 10.3. The zero-order valence-corrected chi connectivity index (χ0v) is 8.42. The molecule has 0 rings (SSSR count). The first-order valence-electron chi connectivity index (χ1n) is 4.11. The maximum absolute atomic E-state index is 10.8. The largest absolute Gasteiger partial charge is 0.356 e. The van der Waals surface area contributed by atoms with Crippen molar-refractivity contribution < 1.29 is 22.6 Å². The number of aldehydes is 1. The summed E-state index contributed by atoms with van der Waals surface area (Å²) in [4.78, 5) is 20.7. The summed E-state index contributed by atoms with van der Waals surface area (Å²) in [6, 6.07) is 0. The lowest BCUT2D eigenvalue weighted by Crippen LogP contribution is -2.25. The molecule has 0 aromatic rings. The van der Waals surface area contributed by atoms with E-state index in [2.05, 4.69) is 5.32 Å². The topological polar surface area (TPSA) is 101 Å². The van der Waals surface area contributed by atoms with Crippen molar-refractivity contribution >= 4 is 22.3 Å². The third-order valence-electron chi connectivity index (χ3n) is 1.39. The fourth-order valence-corrected chi connectivity index (χ4v) is 1.27. The maximum Gasteiger partial charge on any atom is 0.264 e. The molecule has 2 N–H and O–H groups in total. The van der Waals surface area contributed by atoms with Crippen molar-refractivity contribution in [2.24, 2.45) is 0 Å². The number of carbonyl (C=O) groups is 2. The van der Waals surface area contributed by atoms with E-state index in [0.717, 1.165) is 0 Å². The SMILES string of the molecule is O=CCCC(=O)NCCCS(=O)(=O)O. The Bertz CT molecular complexity index is 284. The molecule has 0 aliphatic rings. The second-order valence-electron chi connectivity index (χ2n) is 2.69. The molecule has 0 radical (unpaired) electrons. The predicted octanol–water partition coefficient (Wildman–Crippen LogP) is -0.640. The first-order valence-corrected chi connectivity index (χ1v) is 5.72. The summed E-state index contributed by atoms with van der Waals surface area (Å²) in [5.74, 6) is -0.673. The zero-order chi connectivity index (χ0) is 11.0. The first-order chi connectivity index (χ1) is 6.45. The molecule has 0 aromatic heterocycles. The maximum atomic E-state index is 10.8. The van der Waals surface area contributed by atoms with Gasteiger partial charge in [0.05, 0.1) is 5.75 Å². The second kappa shape index (κ2) is 6.50. The molecule has 82 valence electrons. The van der Waals surface area contributed by atoms with Crippen LogP contribution in [0.4, 0.5) is 0 Å². The number of hydrogen-bond donors (Lipinski definition) is 2. The van der Waals surface area contributed by atoms with Crippen LogP contribution in [0.3, 0.4) is 0 Å². The summed E-state index contributed by atoms with van der Waals surface area (Å²) >= 11 is 0. The lowest BCUT2D eigenvalue weighted by molar-refractivity contribution is -0.122. The molecule has 0 spiro atoms. The normalized spacial score (nSPS) is 10.9. The molecule has 7 heteroatoms. The summed E-state index contributed by atoms with van der Waals surface area (Å²) in [6.07, 6.45) is 1.06. The van der Waals surface area contributed by atoms with Crippen LogP contribution in [0.1, 0.15) is 19.3 Å². The van der Waals surface area contributed by atoms with Gasteiger partial charge in [-0.3, -0.25) is 9.35 Å². The molecule has 0 aliphatic heterocycles. The predicted molar refractivity (Wildman–Crippen MR) is 49.3 cm³/mol. The van der Waals surface area contributed by atoms with E-state index in [4.69, 9.17) is 4.55 Å². The molecule has 0 atom stereocenters. The Hall–Kier alpha value is -0.950. The zero-order valence-electron chi connectivity index (χ0n) is 7.60. The Morgan fingerprint density at radius 3 is 2.57 bits per heavy atom. The average Bonchev–Trinajstić information content (AvgIpc) is 2.07. The Kier molecular flexibility index (Phi) is 6.06. The molecule has 0 fully saturated rings. The Morgan fingerprint density at radius 2 is 2.07 bits per heavy atom. The van der Waals surface area contributed by atoms with E-state index < -0.39 is 10.1 Å². The van der Waals surface area contributed by atoms with Crippen LogP contribution in [-0.4, -0.2) is 37.5 Å². The Labute approximate surface area is 82.4 Å². The molecular formula is C7H13NO5S. The summed E-state index contributed by atoms with van der Waals surface area (Å²) in [6.45, 7) is 0.178. The van der Waals surface area contributed by atoms with Gasteiger partial charge in [-0.05, 0) is 6.42 Å². The summed E-state index contributed by atoms with van der Waals surface area (Å²) in [5, 5.41) is 2.42. The highest BCUT2D eigenvalue weighted by Crippen LogP contribution is 1.88. The van der Waals surface area contributed by atoms with Crippen molar-refractivity contribution in [1.29, 1.82) is 0 Å². The van der Waals surface area contributed by atoms with E-state index >= 15 is 0 Å². The molecule has 0 saturated heterocycles. The second-order valence-corrected chi connectivity index (χ2v) is 4.27. The van der Waals surface area contributed by atoms with Crippen LogP contribution in [0, 0.1) is 0 Å². The minimum atomic E-state index is -3.95. The van der Waals surface area contributed by atoms with E-state index in [1.165, 1.54) is 0 Å². The number of rotatable bonds is 7. The average molecular weight is 223 g/mol. The van der Waals surface area contributed by atoms with Gasteiger partial charge in [0.1, 0.15) is 6.29 Å². The molecule has 0 unspecified atom stereocenters. The Morgan fingerprint density at radius 1 is 1.43 bits per heavy atom. The van der Waals surface area contributed by atoms with Crippen LogP contribution >= 0.6 is 0 Å². The van der Waals surface area contributed by atoms with Gasteiger partial charge in [0, 0.05) is 19.4 Å². The van der Waals surface area contributed by atoms with Gasteiger partial charge in [-0.15, -0.1) is 0 Å². The third-order valence-corrected chi connectivity index (χ3v) is 2.20. The van der Waals surface area contributed by atoms with Crippen molar-refractivity contribution in [2.45, 2.75) is 19.3 Å². The molecule has 14 heavy (non-hydrogen) atoms. The molecule has 6 nitrogen and oxygen atoms in total. The minimum Gasteiger partial charge on any atom is -0.356 e. The van der Waals surface area contributed by atoms with Gasteiger partial charge in [-0.2, -0.15) is 8.42 Å². The van der Waals surface area contributed by atoms with Gasteiger partial charge < -0.3 is 10.1 Å². The summed E-state index contributed by atoms with van der Waals surface area (Å²) < 4.78 is 28.8. The van der Waals surface area contributed by atoms with Crippen LogP contribution in [0.25, 0.3) is 0 Å². The standard InChI is InChI=1S/C7H13NO5S/c9-5-1-3-7(10)8-4-2-6-14(11,12)13/h5H,1-4,6H2,(H,8,10)(H,11,12,13). The van der Waals surface area contributed by atoms with E-state index in [9.17, 15) is 18.0 Å². The highest BCUT2D eigenvalue weighted by molar-refractivity contribution is 7.85. The summed E-state index contributed by atoms with van der Waals surface area (Å²) in [5.41, 5.74) is 0. The van der Waals surface area contributed by atoms with E-state index in [1.54, 1.807) is 0 Å². The molecule has 1 amide bonds. The number of nitrogens with one attached hydrogen (secondary N) is 1. The minimum absolute atomic E-state index is 0.107. The Balaban J connectivity index is 3.45. The lowest BCUT2D eigenvalue weighted by Gasteiger charge is -2.02. The number of hydrogen-bond acceptors (Lipinski definition) is 4. The quantitative estimate of drug-likeness (QED) is 0.339. The molecule has 0 heterocycles. The first kappa shape index (κ1) is 13.1. The van der Waals surface area contributed by atoms with Crippen molar-refractivity contribution in [2.75, 3.05) is 12.3 Å². The van der Waals surface area contributed by atoms with Gasteiger partial charge in [0.2, 0.25) is 5.91 Å². The van der Waals surface area contributed by atoms with E-state index in [-0.39, 0.29) is 37.5 Å². The number of carbonyl (C=O) groups excluding carboxylic acids is 2. The highest BCUT2D eigenvalue weighted by atomic mass is 32.2. The van der Waals surface area contributed by atoms with Gasteiger partial charge in [-0.1, -0.05) is 0 Å². The van der Waals surface area contributed by atoms with Gasteiger partial charge in [0.25, 0.3) is 10.1 Å². The molecule has 0 aliphatic carbocycles. The summed E-state index contributed by atoms with van der Waals surface area (Å²) in [7, 11) is -3.95. The van der Waals surface area contributed by atoms with Crippen LogP contribution in [0.5, 0.6) is 0 Å². The van der Waals surface area contributed by atoms with Crippen LogP contribution < -0.4 is 5.32 Å². The van der Waals surface area contributed by atoms with Crippen LogP contribution in [0.2, 0.25) is 0 Å². The fourth-order valence-electron chi connectivity index (χ4n) is 0.761. The highest BCUT2D eigenvalue weighted by Gasteiger charge is 2.04. The van der Waals surface area contributed by atoms with Crippen molar-refractivity contribution in [3.8, 4) is 0 Å². The van der Waals surface area contributed by atoms with Gasteiger partial charge in [-0.25, -0.2) is 0 Å². The van der Waals surface area contributed by atoms with Crippen molar-refractivity contribution in [3.63, 3.8) is 0 Å². The monoisotopic (exact) mass is 223 g/mol. The third kappa shape index (κ3) is 9.14. The van der Waals surface area contributed by atoms with Gasteiger partial charge in [0.15, 0.2) is 0 Å². The molecule has 0 saturated carbocycles. The van der Waals surface area contributed by atoms with E-state index in [0.29, 0.717) is 6.29 Å². The molecular weight excluding hydrogens is 210 g/mol. The van der Waals surface area contributed by atoms with Gasteiger partial charge >= 0.3 is 0 Å². The van der Waals surface area contributed by atoms with E-state index in [1.807, 2.05) is 0 Å². The van der Waals surface area contributed by atoms with Crippen LogP contribution in [-0.2, 0) is 19.7 Å². The molecule has 0 bridgehead atoms.